The number of carbonyl (C=O) groups excluding carboxylic acids is 2. The fourth-order valence-corrected chi connectivity index (χ4v) is 4.86. The zero-order chi connectivity index (χ0) is 23.0. The molecule has 3 aromatic rings. The SMILES string of the molecule is O=C(CN(CC1CCCO1)C(=O)c1cccc(Cl)c1)N(Cc1ccccc1)Cc1cccs1. The minimum absolute atomic E-state index is 0.0105. The predicted octanol–water partition coefficient (Wildman–Crippen LogP) is 5.25. The average Bonchev–Trinajstić information content (AvgIpc) is 3.53. The Labute approximate surface area is 203 Å². The van der Waals surface area contributed by atoms with E-state index in [2.05, 4.69) is 0 Å². The predicted molar refractivity (Wildman–Crippen MR) is 131 cm³/mol. The van der Waals surface area contributed by atoms with Crippen molar-refractivity contribution in [2.45, 2.75) is 32.0 Å². The molecule has 1 aliphatic rings. The molecule has 1 fully saturated rings. The van der Waals surface area contributed by atoms with E-state index in [4.69, 9.17) is 16.3 Å². The maximum Gasteiger partial charge on any atom is 0.254 e. The standard InChI is InChI=1S/C26H27ClN2O3S/c27-22-10-4-9-21(15-22)26(31)29(17-23-11-5-13-32-23)19-25(30)28(18-24-12-6-14-33-24)16-20-7-2-1-3-8-20/h1-4,6-10,12,14-15,23H,5,11,13,16-19H2. The van der Waals surface area contributed by atoms with Gasteiger partial charge in [-0.1, -0.05) is 54.1 Å². The highest BCUT2D eigenvalue weighted by Crippen LogP contribution is 2.19. The lowest BCUT2D eigenvalue weighted by Gasteiger charge is -2.29. The molecule has 2 aromatic carbocycles. The molecule has 0 bridgehead atoms. The van der Waals surface area contributed by atoms with E-state index in [0.717, 1.165) is 23.3 Å². The van der Waals surface area contributed by atoms with Crippen LogP contribution in [0.5, 0.6) is 0 Å². The molecule has 7 heteroatoms. The van der Waals surface area contributed by atoms with Crippen LogP contribution >= 0.6 is 22.9 Å². The number of thiophene rings is 1. The molecule has 1 saturated heterocycles. The maximum atomic E-state index is 13.5. The summed E-state index contributed by atoms with van der Waals surface area (Å²) < 4.78 is 5.77. The summed E-state index contributed by atoms with van der Waals surface area (Å²) in [6.45, 7) is 2.05. The first-order valence-corrected chi connectivity index (χ1v) is 12.3. The summed E-state index contributed by atoms with van der Waals surface area (Å²) in [6.07, 6.45) is 1.80. The quantitative estimate of drug-likeness (QED) is 0.418. The minimum atomic E-state index is -0.211. The van der Waals surface area contributed by atoms with Crippen LogP contribution in [-0.2, 0) is 22.6 Å². The average molecular weight is 483 g/mol. The third-order valence-electron chi connectivity index (χ3n) is 5.63. The fourth-order valence-electron chi connectivity index (χ4n) is 3.95. The molecule has 0 N–H and O–H groups in total. The van der Waals surface area contributed by atoms with Crippen molar-refractivity contribution in [3.63, 3.8) is 0 Å². The third kappa shape index (κ3) is 6.67. The van der Waals surface area contributed by atoms with Crippen molar-refractivity contribution in [1.82, 2.24) is 9.80 Å². The number of halogens is 1. The fraction of sp³-hybridized carbons (Fsp3) is 0.308. The van der Waals surface area contributed by atoms with Gasteiger partial charge in [0, 0.05) is 35.2 Å². The second-order valence-corrected chi connectivity index (χ2v) is 9.61. The number of rotatable bonds is 9. The molecule has 1 aromatic heterocycles. The zero-order valence-corrected chi connectivity index (χ0v) is 19.9. The first-order valence-electron chi connectivity index (χ1n) is 11.1. The van der Waals surface area contributed by atoms with Gasteiger partial charge in [-0.2, -0.15) is 0 Å². The largest absolute Gasteiger partial charge is 0.376 e. The molecular weight excluding hydrogens is 456 g/mol. The van der Waals surface area contributed by atoms with Gasteiger partial charge in [0.2, 0.25) is 5.91 Å². The van der Waals surface area contributed by atoms with Crippen molar-refractivity contribution in [3.8, 4) is 0 Å². The Morgan fingerprint density at radius 1 is 1.00 bits per heavy atom. The summed E-state index contributed by atoms with van der Waals surface area (Å²) >= 11 is 7.74. The summed E-state index contributed by atoms with van der Waals surface area (Å²) in [4.78, 5) is 31.4. The van der Waals surface area contributed by atoms with Crippen LogP contribution in [0.3, 0.4) is 0 Å². The molecule has 1 aliphatic heterocycles. The lowest BCUT2D eigenvalue weighted by molar-refractivity contribution is -0.133. The molecule has 1 atom stereocenters. The number of amides is 2. The smallest absolute Gasteiger partial charge is 0.254 e. The minimum Gasteiger partial charge on any atom is -0.376 e. The summed E-state index contributed by atoms with van der Waals surface area (Å²) in [7, 11) is 0. The highest BCUT2D eigenvalue weighted by atomic mass is 35.5. The molecular formula is C26H27ClN2O3S. The molecule has 0 spiro atoms. The molecule has 0 saturated carbocycles. The van der Waals surface area contributed by atoms with Crippen LogP contribution < -0.4 is 0 Å². The van der Waals surface area contributed by atoms with Crippen LogP contribution in [0, 0.1) is 0 Å². The number of ether oxygens (including phenoxy) is 1. The van der Waals surface area contributed by atoms with Crippen LogP contribution in [0.2, 0.25) is 5.02 Å². The van der Waals surface area contributed by atoms with Crippen molar-refractivity contribution in [1.29, 1.82) is 0 Å². The molecule has 0 radical (unpaired) electrons. The van der Waals surface area contributed by atoms with Crippen molar-refractivity contribution in [2.24, 2.45) is 0 Å². The molecule has 5 nitrogen and oxygen atoms in total. The van der Waals surface area contributed by atoms with Crippen molar-refractivity contribution < 1.29 is 14.3 Å². The Morgan fingerprint density at radius 2 is 1.85 bits per heavy atom. The van der Waals surface area contributed by atoms with Gasteiger partial charge < -0.3 is 14.5 Å². The van der Waals surface area contributed by atoms with Crippen molar-refractivity contribution in [3.05, 3.63) is 93.1 Å². The second kappa shape index (κ2) is 11.5. The number of hydrogen-bond acceptors (Lipinski definition) is 4. The highest BCUT2D eigenvalue weighted by molar-refractivity contribution is 7.09. The first kappa shape index (κ1) is 23.5. The Balaban J connectivity index is 1.54. The van der Waals surface area contributed by atoms with Crippen molar-refractivity contribution >= 4 is 34.8 Å². The van der Waals surface area contributed by atoms with Crippen molar-refractivity contribution in [2.75, 3.05) is 19.7 Å². The van der Waals surface area contributed by atoms with E-state index in [9.17, 15) is 9.59 Å². The van der Waals surface area contributed by atoms with E-state index in [1.165, 1.54) is 0 Å². The Hall–Kier alpha value is -2.67. The van der Waals surface area contributed by atoms with E-state index in [0.29, 0.717) is 36.8 Å². The molecule has 172 valence electrons. The monoisotopic (exact) mass is 482 g/mol. The Bertz CT molecular complexity index is 1050. The van der Waals surface area contributed by atoms with Gasteiger partial charge in [-0.05, 0) is 48.1 Å². The van der Waals surface area contributed by atoms with Gasteiger partial charge in [0.25, 0.3) is 5.91 Å². The first-order chi connectivity index (χ1) is 16.1. The third-order valence-corrected chi connectivity index (χ3v) is 6.72. The number of nitrogens with zero attached hydrogens (tertiary/aromatic N) is 2. The highest BCUT2D eigenvalue weighted by Gasteiger charge is 2.27. The lowest BCUT2D eigenvalue weighted by atomic mass is 10.1. The maximum absolute atomic E-state index is 13.5. The molecule has 0 aliphatic carbocycles. The Morgan fingerprint density at radius 3 is 2.55 bits per heavy atom. The van der Waals surface area contributed by atoms with Crippen LogP contribution in [0.4, 0.5) is 0 Å². The van der Waals surface area contributed by atoms with E-state index in [1.807, 2.05) is 52.7 Å². The van der Waals surface area contributed by atoms with Crippen LogP contribution in [0.15, 0.2) is 72.1 Å². The summed E-state index contributed by atoms with van der Waals surface area (Å²) in [5.41, 5.74) is 1.52. The van der Waals surface area contributed by atoms with E-state index in [-0.39, 0.29) is 24.5 Å². The molecule has 2 heterocycles. The van der Waals surface area contributed by atoms with E-state index < -0.39 is 0 Å². The van der Waals surface area contributed by atoms with Gasteiger partial charge in [0.05, 0.1) is 12.6 Å². The van der Waals surface area contributed by atoms with Gasteiger partial charge in [-0.25, -0.2) is 0 Å². The summed E-state index contributed by atoms with van der Waals surface area (Å²) in [6, 6.07) is 20.8. The van der Waals surface area contributed by atoms with Crippen LogP contribution in [0.25, 0.3) is 0 Å². The van der Waals surface area contributed by atoms with Gasteiger partial charge in [0.1, 0.15) is 6.54 Å². The van der Waals surface area contributed by atoms with Crippen LogP contribution in [-0.4, -0.2) is 47.4 Å². The topological polar surface area (TPSA) is 49.9 Å². The van der Waals surface area contributed by atoms with Crippen LogP contribution in [0.1, 0.15) is 33.6 Å². The molecule has 33 heavy (non-hydrogen) atoms. The molecule has 2 amide bonds. The number of benzene rings is 2. The summed E-state index contributed by atoms with van der Waals surface area (Å²) in [5, 5.41) is 2.50. The van der Waals surface area contributed by atoms with E-state index in [1.54, 1.807) is 40.5 Å². The van der Waals surface area contributed by atoms with Gasteiger partial charge in [0.15, 0.2) is 0 Å². The Kier molecular flexibility index (Phi) is 8.15. The second-order valence-electron chi connectivity index (χ2n) is 8.15. The van der Waals surface area contributed by atoms with Gasteiger partial charge in [-0.15, -0.1) is 11.3 Å². The lowest BCUT2D eigenvalue weighted by Crippen LogP contribution is -2.45. The van der Waals surface area contributed by atoms with E-state index >= 15 is 0 Å². The normalized spacial score (nSPS) is 15.4. The van der Waals surface area contributed by atoms with Gasteiger partial charge in [-0.3, -0.25) is 9.59 Å². The molecule has 4 rings (SSSR count). The number of hydrogen-bond donors (Lipinski definition) is 0. The number of carbonyl (C=O) groups is 2. The summed E-state index contributed by atoms with van der Waals surface area (Å²) in [5.74, 6) is -0.308. The van der Waals surface area contributed by atoms with Gasteiger partial charge >= 0.3 is 0 Å². The molecule has 1 unspecified atom stereocenters. The zero-order valence-electron chi connectivity index (χ0n) is 18.4.